The fraction of sp³-hybridized carbons (Fsp3) is 0.278. The largest absolute Gasteiger partial charge is 0.467 e. The monoisotopic (exact) mass is 362 g/mol. The van der Waals surface area contributed by atoms with Crippen LogP contribution in [0.15, 0.2) is 47.5 Å². The minimum absolute atomic E-state index is 0.271. The van der Waals surface area contributed by atoms with E-state index in [-0.39, 0.29) is 6.79 Å². The van der Waals surface area contributed by atoms with Gasteiger partial charge in [0.1, 0.15) is 5.75 Å². The average Bonchev–Trinajstić information content (AvgIpc) is 2.60. The molecule has 0 fully saturated rings. The van der Waals surface area contributed by atoms with E-state index in [4.69, 9.17) is 26.8 Å². The summed E-state index contributed by atoms with van der Waals surface area (Å²) >= 11 is 7.66. The maximum absolute atomic E-state index is 6.17. The number of nitrogens with zero attached hydrogens (tertiary/aromatic N) is 1. The highest BCUT2D eigenvalue weighted by Crippen LogP contribution is 2.33. The van der Waals surface area contributed by atoms with E-state index >= 15 is 0 Å². The van der Waals surface area contributed by atoms with Gasteiger partial charge in [0.2, 0.25) is 0 Å². The van der Waals surface area contributed by atoms with E-state index in [1.54, 1.807) is 0 Å². The fourth-order valence-corrected chi connectivity index (χ4v) is 3.46. The Morgan fingerprint density at radius 2 is 2.08 bits per heavy atom. The molecule has 0 saturated carbocycles. The van der Waals surface area contributed by atoms with Gasteiger partial charge in [-0.1, -0.05) is 53.7 Å². The van der Waals surface area contributed by atoms with E-state index in [0.29, 0.717) is 29.1 Å². The third kappa shape index (κ3) is 4.66. The summed E-state index contributed by atoms with van der Waals surface area (Å²) in [7, 11) is 0. The van der Waals surface area contributed by atoms with Crippen LogP contribution >= 0.6 is 23.4 Å². The zero-order chi connectivity index (χ0) is 16.8. The molecule has 1 aliphatic rings. The molecule has 0 unspecified atom stereocenters. The highest BCUT2D eigenvalue weighted by molar-refractivity contribution is 8.13. The molecule has 3 rings (SSSR count). The Bertz CT molecular complexity index is 722. The number of aliphatic imine (C=N–C) groups is 1. The van der Waals surface area contributed by atoms with Crippen LogP contribution in [0.4, 0.5) is 0 Å². The maximum atomic E-state index is 6.17. The molecule has 0 atom stereocenters. The third-order valence-electron chi connectivity index (χ3n) is 3.64. The SMILES string of the molecule is NC(=NCCc1ccccc1)SCc1cc(Cl)cc2c1OCOC2. The molecule has 0 aromatic heterocycles. The van der Waals surface area contributed by atoms with Crippen molar-refractivity contribution in [2.45, 2.75) is 18.8 Å². The van der Waals surface area contributed by atoms with Crippen LogP contribution in [0.5, 0.6) is 5.75 Å². The van der Waals surface area contributed by atoms with Gasteiger partial charge in [0, 0.05) is 28.4 Å². The number of ether oxygens (including phenoxy) is 2. The van der Waals surface area contributed by atoms with Crippen molar-refractivity contribution in [3.63, 3.8) is 0 Å². The van der Waals surface area contributed by atoms with Crippen LogP contribution in [-0.4, -0.2) is 18.5 Å². The Labute approximate surface area is 151 Å². The summed E-state index contributed by atoms with van der Waals surface area (Å²) in [5.74, 6) is 1.53. The van der Waals surface area contributed by atoms with Gasteiger partial charge in [-0.05, 0) is 24.1 Å². The van der Waals surface area contributed by atoms with Gasteiger partial charge in [-0.25, -0.2) is 0 Å². The second-order valence-corrected chi connectivity index (χ2v) is 6.84. The van der Waals surface area contributed by atoms with Gasteiger partial charge in [0.15, 0.2) is 12.0 Å². The van der Waals surface area contributed by atoms with Gasteiger partial charge in [0.05, 0.1) is 6.61 Å². The molecule has 0 bridgehead atoms. The summed E-state index contributed by atoms with van der Waals surface area (Å²) < 4.78 is 10.9. The van der Waals surface area contributed by atoms with E-state index in [1.807, 2.05) is 30.3 Å². The van der Waals surface area contributed by atoms with Crippen molar-refractivity contribution in [2.24, 2.45) is 10.7 Å². The summed E-state index contributed by atoms with van der Waals surface area (Å²) in [6.07, 6.45) is 0.884. The number of nitrogens with two attached hydrogens (primary N) is 1. The lowest BCUT2D eigenvalue weighted by Gasteiger charge is -2.21. The molecular weight excluding hydrogens is 344 g/mol. The van der Waals surface area contributed by atoms with E-state index in [1.165, 1.54) is 17.3 Å². The highest BCUT2D eigenvalue weighted by atomic mass is 35.5. The van der Waals surface area contributed by atoms with E-state index < -0.39 is 0 Å². The van der Waals surface area contributed by atoms with Crippen LogP contribution in [0, 0.1) is 0 Å². The maximum Gasteiger partial charge on any atom is 0.189 e. The predicted octanol–water partition coefficient (Wildman–Crippen LogP) is 4.00. The van der Waals surface area contributed by atoms with Gasteiger partial charge in [-0.2, -0.15) is 0 Å². The number of hydrogen-bond acceptors (Lipinski definition) is 4. The van der Waals surface area contributed by atoms with Crippen LogP contribution in [-0.2, 0) is 23.5 Å². The normalized spacial score (nSPS) is 14.1. The number of fused-ring (bicyclic) bond motifs is 1. The number of halogens is 1. The van der Waals surface area contributed by atoms with Gasteiger partial charge < -0.3 is 15.2 Å². The van der Waals surface area contributed by atoms with Crippen LogP contribution in [0.3, 0.4) is 0 Å². The topological polar surface area (TPSA) is 56.8 Å². The number of rotatable bonds is 5. The van der Waals surface area contributed by atoms with Crippen molar-refractivity contribution in [2.75, 3.05) is 13.3 Å². The summed E-state index contributed by atoms with van der Waals surface area (Å²) in [5.41, 5.74) is 9.27. The molecule has 126 valence electrons. The number of benzene rings is 2. The molecular formula is C18H19ClN2O2S. The Morgan fingerprint density at radius 1 is 1.25 bits per heavy atom. The smallest absolute Gasteiger partial charge is 0.189 e. The summed E-state index contributed by atoms with van der Waals surface area (Å²) in [6.45, 7) is 1.47. The molecule has 1 heterocycles. The van der Waals surface area contributed by atoms with Crippen LogP contribution in [0.2, 0.25) is 5.02 Å². The lowest BCUT2D eigenvalue weighted by Crippen LogP contribution is -2.14. The Morgan fingerprint density at radius 3 is 2.92 bits per heavy atom. The number of hydrogen-bond donors (Lipinski definition) is 1. The zero-order valence-electron chi connectivity index (χ0n) is 13.2. The lowest BCUT2D eigenvalue weighted by molar-refractivity contribution is -0.0168. The zero-order valence-corrected chi connectivity index (χ0v) is 14.8. The molecule has 0 aliphatic carbocycles. The van der Waals surface area contributed by atoms with Crippen molar-refractivity contribution >= 4 is 28.5 Å². The number of amidine groups is 1. The van der Waals surface area contributed by atoms with E-state index in [0.717, 1.165) is 23.3 Å². The quantitative estimate of drug-likeness (QED) is 0.645. The fourth-order valence-electron chi connectivity index (χ4n) is 2.50. The summed E-state index contributed by atoms with van der Waals surface area (Å²) in [6, 6.07) is 14.0. The van der Waals surface area contributed by atoms with Crippen molar-refractivity contribution in [3.8, 4) is 5.75 Å². The molecule has 24 heavy (non-hydrogen) atoms. The number of thioether (sulfide) groups is 1. The first-order chi connectivity index (χ1) is 11.7. The minimum Gasteiger partial charge on any atom is -0.467 e. The second-order valence-electron chi connectivity index (χ2n) is 5.41. The molecule has 4 nitrogen and oxygen atoms in total. The second kappa shape index (κ2) is 8.42. The third-order valence-corrected chi connectivity index (χ3v) is 4.74. The molecule has 0 amide bonds. The van der Waals surface area contributed by atoms with Gasteiger partial charge in [-0.3, -0.25) is 4.99 Å². The van der Waals surface area contributed by atoms with Crippen molar-refractivity contribution in [1.82, 2.24) is 0 Å². The van der Waals surface area contributed by atoms with E-state index in [2.05, 4.69) is 17.1 Å². The Balaban J connectivity index is 1.57. The first-order valence-corrected chi connectivity index (χ1v) is 9.07. The standard InChI is InChI=1S/C18H19ClN2O2S/c19-16-8-14-10-22-12-23-17(14)15(9-16)11-24-18(20)21-7-6-13-4-2-1-3-5-13/h1-5,8-9H,6-7,10-12H2,(H2,20,21). The van der Waals surface area contributed by atoms with Gasteiger partial charge in [-0.15, -0.1) is 0 Å². The molecule has 6 heteroatoms. The molecule has 0 spiro atoms. The molecule has 0 radical (unpaired) electrons. The van der Waals surface area contributed by atoms with Crippen molar-refractivity contribution in [1.29, 1.82) is 0 Å². The van der Waals surface area contributed by atoms with Gasteiger partial charge in [0.25, 0.3) is 0 Å². The van der Waals surface area contributed by atoms with Crippen LogP contribution in [0.25, 0.3) is 0 Å². The van der Waals surface area contributed by atoms with Crippen molar-refractivity contribution in [3.05, 3.63) is 64.2 Å². The molecule has 2 N–H and O–H groups in total. The first kappa shape index (κ1) is 17.1. The molecule has 2 aromatic rings. The summed E-state index contributed by atoms with van der Waals surface area (Å²) in [4.78, 5) is 4.43. The predicted molar refractivity (Wildman–Crippen MR) is 99.7 cm³/mol. The Hall–Kier alpha value is -1.69. The summed E-state index contributed by atoms with van der Waals surface area (Å²) in [5, 5.41) is 1.25. The average molecular weight is 363 g/mol. The van der Waals surface area contributed by atoms with Gasteiger partial charge >= 0.3 is 0 Å². The lowest BCUT2D eigenvalue weighted by atomic mass is 10.1. The molecule has 1 aliphatic heterocycles. The van der Waals surface area contributed by atoms with Crippen LogP contribution in [0.1, 0.15) is 16.7 Å². The van der Waals surface area contributed by atoms with Crippen molar-refractivity contribution < 1.29 is 9.47 Å². The van der Waals surface area contributed by atoms with Crippen LogP contribution < -0.4 is 10.5 Å². The minimum atomic E-state index is 0.271. The first-order valence-electron chi connectivity index (χ1n) is 7.71. The highest BCUT2D eigenvalue weighted by Gasteiger charge is 2.16. The van der Waals surface area contributed by atoms with E-state index in [9.17, 15) is 0 Å². The Kier molecular flexibility index (Phi) is 6.01. The molecule has 0 saturated heterocycles. The molecule has 2 aromatic carbocycles.